The zero-order valence-corrected chi connectivity index (χ0v) is 13.2. The third-order valence-electron chi connectivity index (χ3n) is 5.11. The zero-order valence-electron chi connectivity index (χ0n) is 12.4. The number of rotatable bonds is 3. The summed E-state index contributed by atoms with van der Waals surface area (Å²) < 4.78 is 0. The molecule has 1 aliphatic rings. The quantitative estimate of drug-likeness (QED) is 0.892. The van der Waals surface area contributed by atoms with Crippen LogP contribution in [0.2, 0.25) is 5.02 Å². The highest BCUT2D eigenvalue weighted by molar-refractivity contribution is 6.30. The van der Waals surface area contributed by atoms with Gasteiger partial charge in [-0.3, -0.25) is 9.59 Å². The summed E-state index contributed by atoms with van der Waals surface area (Å²) in [4.78, 5) is 24.1. The molecule has 21 heavy (non-hydrogen) atoms. The lowest BCUT2D eigenvalue weighted by Gasteiger charge is -2.37. The van der Waals surface area contributed by atoms with Gasteiger partial charge in [0.25, 0.3) is 0 Å². The van der Waals surface area contributed by atoms with Crippen LogP contribution in [0.3, 0.4) is 0 Å². The second kappa shape index (κ2) is 5.34. The standard InChI is InChI=1S/C16H20ClNO3/c1-15(2)12(7-8-16(15,3)14(20)21)13(19)18-11-6-4-5-10(17)9-11/h4-6,9,12H,7-8H2,1-3H3,(H,18,19)(H,20,21). The number of anilines is 1. The van der Waals surface area contributed by atoms with E-state index in [0.29, 0.717) is 23.6 Å². The number of aliphatic carboxylic acids is 1. The predicted molar refractivity (Wildman–Crippen MR) is 82.3 cm³/mol. The number of halogens is 1. The van der Waals surface area contributed by atoms with E-state index in [0.717, 1.165) is 0 Å². The van der Waals surface area contributed by atoms with E-state index in [1.807, 2.05) is 13.8 Å². The molecule has 4 nitrogen and oxygen atoms in total. The lowest BCUT2D eigenvalue weighted by molar-refractivity contribution is -0.154. The zero-order chi connectivity index (χ0) is 15.8. The summed E-state index contributed by atoms with van der Waals surface area (Å²) in [5, 5.41) is 12.9. The molecule has 0 saturated heterocycles. The number of hydrogen-bond acceptors (Lipinski definition) is 2. The third kappa shape index (κ3) is 2.64. The van der Waals surface area contributed by atoms with Gasteiger partial charge in [0, 0.05) is 16.6 Å². The molecule has 2 rings (SSSR count). The molecule has 1 saturated carbocycles. The minimum absolute atomic E-state index is 0.146. The first-order valence-electron chi connectivity index (χ1n) is 6.98. The van der Waals surface area contributed by atoms with Crippen molar-refractivity contribution >= 4 is 29.2 Å². The number of carboxylic acid groups (broad SMARTS) is 1. The predicted octanol–water partition coefficient (Wildman–Crippen LogP) is 3.81. The van der Waals surface area contributed by atoms with Gasteiger partial charge in [-0.1, -0.05) is 31.5 Å². The first-order chi connectivity index (χ1) is 9.68. The summed E-state index contributed by atoms with van der Waals surface area (Å²) >= 11 is 5.90. The van der Waals surface area contributed by atoms with Crippen LogP contribution >= 0.6 is 11.6 Å². The maximum absolute atomic E-state index is 12.5. The summed E-state index contributed by atoms with van der Waals surface area (Å²) in [7, 11) is 0. The van der Waals surface area contributed by atoms with Crippen LogP contribution in [-0.2, 0) is 9.59 Å². The fourth-order valence-corrected chi connectivity index (χ4v) is 3.33. The van der Waals surface area contributed by atoms with Crippen LogP contribution in [0.5, 0.6) is 0 Å². The highest BCUT2D eigenvalue weighted by atomic mass is 35.5. The molecule has 0 spiro atoms. The number of amides is 1. The molecule has 1 fully saturated rings. The maximum Gasteiger partial charge on any atom is 0.309 e. The van der Waals surface area contributed by atoms with Gasteiger partial charge in [-0.15, -0.1) is 0 Å². The Bertz CT molecular complexity index is 585. The molecule has 0 aliphatic heterocycles. The van der Waals surface area contributed by atoms with Crippen molar-refractivity contribution < 1.29 is 14.7 Å². The van der Waals surface area contributed by atoms with Gasteiger partial charge < -0.3 is 10.4 Å². The number of carboxylic acids is 1. The second-order valence-corrected chi connectivity index (χ2v) is 6.89. The number of hydrogen-bond donors (Lipinski definition) is 2. The van der Waals surface area contributed by atoms with Crippen molar-refractivity contribution in [1.82, 2.24) is 0 Å². The molecule has 1 amide bonds. The number of carbonyl (C=O) groups is 2. The van der Waals surface area contributed by atoms with Gasteiger partial charge in [-0.25, -0.2) is 0 Å². The van der Waals surface area contributed by atoms with Crippen LogP contribution < -0.4 is 5.32 Å². The number of carbonyl (C=O) groups excluding carboxylic acids is 1. The Balaban J connectivity index is 2.19. The average molecular weight is 310 g/mol. The summed E-state index contributed by atoms with van der Waals surface area (Å²) in [6.07, 6.45) is 1.07. The van der Waals surface area contributed by atoms with Crippen LogP contribution in [0.4, 0.5) is 5.69 Å². The molecule has 1 aromatic carbocycles. The van der Waals surface area contributed by atoms with E-state index >= 15 is 0 Å². The molecule has 1 aromatic rings. The topological polar surface area (TPSA) is 66.4 Å². The van der Waals surface area contributed by atoms with Crippen molar-refractivity contribution in [2.45, 2.75) is 33.6 Å². The van der Waals surface area contributed by atoms with Crippen molar-refractivity contribution in [3.8, 4) is 0 Å². The van der Waals surface area contributed by atoms with E-state index in [4.69, 9.17) is 11.6 Å². The number of nitrogens with one attached hydrogen (secondary N) is 1. The van der Waals surface area contributed by atoms with Crippen LogP contribution in [0.1, 0.15) is 33.6 Å². The van der Waals surface area contributed by atoms with E-state index in [-0.39, 0.29) is 11.8 Å². The van der Waals surface area contributed by atoms with Crippen molar-refractivity contribution in [2.24, 2.45) is 16.7 Å². The minimum Gasteiger partial charge on any atom is -0.481 e. The molecule has 2 N–H and O–H groups in total. The van der Waals surface area contributed by atoms with Crippen molar-refractivity contribution in [3.05, 3.63) is 29.3 Å². The largest absolute Gasteiger partial charge is 0.481 e. The van der Waals surface area contributed by atoms with Crippen LogP contribution in [-0.4, -0.2) is 17.0 Å². The molecular formula is C16H20ClNO3. The lowest BCUT2D eigenvalue weighted by Crippen LogP contribution is -2.43. The van der Waals surface area contributed by atoms with E-state index in [1.54, 1.807) is 31.2 Å². The molecule has 1 aliphatic carbocycles. The lowest BCUT2D eigenvalue weighted by atomic mass is 9.65. The van der Waals surface area contributed by atoms with Gasteiger partial charge in [-0.05, 0) is 43.4 Å². The van der Waals surface area contributed by atoms with Crippen molar-refractivity contribution in [2.75, 3.05) is 5.32 Å². The van der Waals surface area contributed by atoms with Gasteiger partial charge in [0.2, 0.25) is 5.91 Å². The smallest absolute Gasteiger partial charge is 0.309 e. The molecule has 0 radical (unpaired) electrons. The highest BCUT2D eigenvalue weighted by Crippen LogP contribution is 2.56. The molecule has 0 aromatic heterocycles. The minimum atomic E-state index is -0.886. The number of benzene rings is 1. The Labute approximate surface area is 129 Å². The molecule has 0 bridgehead atoms. The summed E-state index contributed by atoms with van der Waals surface area (Å²) in [6.45, 7) is 5.44. The Morgan fingerprint density at radius 1 is 1.33 bits per heavy atom. The normalized spacial score (nSPS) is 27.3. The molecule has 0 heterocycles. The van der Waals surface area contributed by atoms with Gasteiger partial charge >= 0.3 is 5.97 Å². The Kier molecular flexibility index (Phi) is 4.02. The third-order valence-corrected chi connectivity index (χ3v) is 5.34. The summed E-state index contributed by atoms with van der Waals surface area (Å²) in [6, 6.07) is 6.94. The van der Waals surface area contributed by atoms with Gasteiger partial charge in [0.1, 0.15) is 0 Å². The maximum atomic E-state index is 12.5. The molecule has 114 valence electrons. The Hall–Kier alpha value is -1.55. The van der Waals surface area contributed by atoms with E-state index < -0.39 is 16.8 Å². The average Bonchev–Trinajstić information content (AvgIpc) is 2.61. The van der Waals surface area contributed by atoms with E-state index in [2.05, 4.69) is 5.32 Å². The SMILES string of the molecule is CC1(C(=O)O)CCC(C(=O)Nc2cccc(Cl)c2)C1(C)C. The van der Waals surface area contributed by atoms with E-state index in [9.17, 15) is 14.7 Å². The summed E-state index contributed by atoms with van der Waals surface area (Å²) in [5.41, 5.74) is -0.864. The molecular weight excluding hydrogens is 290 g/mol. The molecule has 5 heteroatoms. The van der Waals surface area contributed by atoms with Crippen LogP contribution in [0, 0.1) is 16.7 Å². The van der Waals surface area contributed by atoms with Crippen molar-refractivity contribution in [3.63, 3.8) is 0 Å². The highest BCUT2D eigenvalue weighted by Gasteiger charge is 2.58. The van der Waals surface area contributed by atoms with Gasteiger partial charge in [0.05, 0.1) is 5.41 Å². The van der Waals surface area contributed by atoms with Crippen molar-refractivity contribution in [1.29, 1.82) is 0 Å². The second-order valence-electron chi connectivity index (χ2n) is 6.45. The Morgan fingerprint density at radius 3 is 2.52 bits per heavy atom. The Morgan fingerprint density at radius 2 is 2.00 bits per heavy atom. The van der Waals surface area contributed by atoms with Gasteiger partial charge in [0.15, 0.2) is 0 Å². The molecule has 2 unspecified atom stereocenters. The first kappa shape index (κ1) is 15.8. The monoisotopic (exact) mass is 309 g/mol. The fraction of sp³-hybridized carbons (Fsp3) is 0.500. The van der Waals surface area contributed by atoms with Crippen LogP contribution in [0.25, 0.3) is 0 Å². The first-order valence-corrected chi connectivity index (χ1v) is 7.36. The molecule has 2 atom stereocenters. The fourth-order valence-electron chi connectivity index (χ4n) is 3.14. The summed E-state index contributed by atoms with van der Waals surface area (Å²) in [5.74, 6) is -1.32. The van der Waals surface area contributed by atoms with Crippen LogP contribution in [0.15, 0.2) is 24.3 Å². The van der Waals surface area contributed by atoms with E-state index in [1.165, 1.54) is 0 Å². The van der Waals surface area contributed by atoms with Gasteiger partial charge in [-0.2, -0.15) is 0 Å².